The summed E-state index contributed by atoms with van der Waals surface area (Å²) < 4.78 is 42.7. The molecule has 2 N–H and O–H groups in total. The molecule has 2 aromatic carbocycles. The minimum Gasteiger partial charge on any atom is -0.339 e. The number of hydrogen-bond acceptors (Lipinski definition) is 7. The first-order valence-electron chi connectivity index (χ1n) is 12.4. The monoisotopic (exact) mass is 559 g/mol. The highest BCUT2D eigenvalue weighted by molar-refractivity contribution is 7.89. The van der Waals surface area contributed by atoms with Crippen molar-refractivity contribution in [1.82, 2.24) is 14.9 Å². The first-order chi connectivity index (χ1) is 18.1. The number of rotatable bonds is 8. The number of carbonyl (C=O) groups excluding carboxylic acids is 3. The van der Waals surface area contributed by atoms with Crippen molar-refractivity contribution >= 4 is 49.0 Å². The summed E-state index contributed by atoms with van der Waals surface area (Å²) in [5.74, 6) is -2.55. The second kappa shape index (κ2) is 11.7. The maximum Gasteiger partial charge on any atom is 0.267 e. The van der Waals surface area contributed by atoms with Gasteiger partial charge in [0.25, 0.3) is 21.8 Å². The van der Waals surface area contributed by atoms with Gasteiger partial charge in [-0.3, -0.25) is 14.4 Å². The van der Waals surface area contributed by atoms with Crippen molar-refractivity contribution in [3.05, 3.63) is 65.3 Å². The molecule has 3 aromatic rings. The summed E-state index contributed by atoms with van der Waals surface area (Å²) in [4.78, 5) is 40.4. The molecule has 1 aliphatic heterocycles. The van der Waals surface area contributed by atoms with Crippen LogP contribution in [0.25, 0.3) is 10.1 Å². The van der Waals surface area contributed by atoms with E-state index in [0.717, 1.165) is 34.4 Å². The molecule has 2 heterocycles. The van der Waals surface area contributed by atoms with Crippen LogP contribution in [0.3, 0.4) is 0 Å². The van der Waals surface area contributed by atoms with E-state index < -0.39 is 45.5 Å². The number of benzene rings is 2. The minimum absolute atomic E-state index is 0.0754. The van der Waals surface area contributed by atoms with Crippen LogP contribution in [0.2, 0.25) is 0 Å². The molecule has 11 heteroatoms. The topological polar surface area (TPSA) is 113 Å². The number of halogens is 1. The number of hydrogen-bond donors (Lipinski definition) is 2. The zero-order chi connectivity index (χ0) is 27.4. The van der Waals surface area contributed by atoms with Crippen LogP contribution in [0.15, 0.2) is 59.5 Å². The van der Waals surface area contributed by atoms with Crippen LogP contribution in [-0.4, -0.2) is 55.5 Å². The molecule has 8 nitrogen and oxygen atoms in total. The fourth-order valence-electron chi connectivity index (χ4n) is 4.49. The molecule has 2 atom stereocenters. The van der Waals surface area contributed by atoms with Gasteiger partial charge >= 0.3 is 0 Å². The van der Waals surface area contributed by atoms with Gasteiger partial charge in [0.05, 0.1) is 16.3 Å². The van der Waals surface area contributed by atoms with Crippen LogP contribution < -0.4 is 10.6 Å². The molecular weight excluding hydrogens is 529 g/mol. The van der Waals surface area contributed by atoms with Gasteiger partial charge in [-0.2, -0.15) is 0 Å². The Morgan fingerprint density at radius 3 is 2.55 bits per heavy atom. The number of fused-ring (bicyclic) bond motifs is 1. The van der Waals surface area contributed by atoms with E-state index in [-0.39, 0.29) is 30.2 Å². The molecule has 202 valence electrons. The largest absolute Gasteiger partial charge is 0.339 e. The van der Waals surface area contributed by atoms with Crippen molar-refractivity contribution in [2.75, 3.05) is 13.1 Å². The quantitative estimate of drug-likeness (QED) is 0.435. The van der Waals surface area contributed by atoms with Crippen LogP contribution in [0, 0.1) is 11.7 Å². The second-order valence-electron chi connectivity index (χ2n) is 9.70. The van der Waals surface area contributed by atoms with Gasteiger partial charge in [-0.05, 0) is 73.5 Å². The Labute approximate surface area is 225 Å². The number of amides is 2. The fourth-order valence-corrected chi connectivity index (χ4v) is 7.08. The van der Waals surface area contributed by atoms with E-state index in [1.807, 2.05) is 38.1 Å². The average Bonchev–Trinajstić information content (AvgIpc) is 3.21. The summed E-state index contributed by atoms with van der Waals surface area (Å²) in [6, 6.07) is 10.9. The molecule has 1 fully saturated rings. The Morgan fingerprint density at radius 1 is 1.16 bits per heavy atom. The standard InChI is InChI=1S/C27H30FN3O5S2/c1-17(2)14-21(30-26(33)25-15-18-6-3-4-8-24(18)37-25)27(34)31(22-7-5-13-29-16-23(22)32)38(35,36)20-11-9-19(28)10-12-20/h3-4,6,8-12,15,17,21-22,29H,5,7,13-14,16H2,1-2H3,(H,30,33)/t21?,22-/m0/s1. The second-order valence-corrected chi connectivity index (χ2v) is 12.6. The van der Waals surface area contributed by atoms with Gasteiger partial charge in [-0.15, -0.1) is 11.3 Å². The third kappa shape index (κ3) is 6.11. The molecule has 1 aromatic heterocycles. The number of carbonyl (C=O) groups is 3. The number of nitrogens with zero attached hydrogens (tertiary/aromatic N) is 1. The minimum atomic E-state index is -4.55. The van der Waals surface area contributed by atoms with Gasteiger partial charge in [0, 0.05) is 4.70 Å². The predicted molar refractivity (Wildman–Crippen MR) is 144 cm³/mol. The van der Waals surface area contributed by atoms with Gasteiger partial charge in [0.15, 0.2) is 5.78 Å². The van der Waals surface area contributed by atoms with Gasteiger partial charge in [-0.25, -0.2) is 17.1 Å². The summed E-state index contributed by atoms with van der Waals surface area (Å²) in [6.07, 6.45) is 0.767. The van der Waals surface area contributed by atoms with E-state index >= 15 is 0 Å². The lowest BCUT2D eigenvalue weighted by Gasteiger charge is -2.33. The summed E-state index contributed by atoms with van der Waals surface area (Å²) in [5, 5.41) is 6.56. The Bertz CT molecular complexity index is 1400. The molecule has 1 aliphatic rings. The fraction of sp³-hybridized carbons (Fsp3) is 0.370. The van der Waals surface area contributed by atoms with Gasteiger partial charge < -0.3 is 10.6 Å². The third-order valence-corrected chi connectivity index (χ3v) is 9.27. The van der Waals surface area contributed by atoms with Crippen LogP contribution >= 0.6 is 11.3 Å². The third-order valence-electron chi connectivity index (χ3n) is 6.33. The van der Waals surface area contributed by atoms with E-state index in [1.165, 1.54) is 11.3 Å². The molecule has 0 saturated carbocycles. The molecule has 1 unspecified atom stereocenters. The van der Waals surface area contributed by atoms with Crippen molar-refractivity contribution in [2.24, 2.45) is 5.92 Å². The van der Waals surface area contributed by atoms with Crippen molar-refractivity contribution in [3.63, 3.8) is 0 Å². The van der Waals surface area contributed by atoms with Gasteiger partial charge in [0.1, 0.15) is 17.9 Å². The SMILES string of the molecule is CC(C)CC(NC(=O)c1cc2ccccc2s1)C(=O)N([C@H]1CCCNCC1=O)S(=O)(=O)c1ccc(F)cc1. The zero-order valence-electron chi connectivity index (χ0n) is 21.1. The number of Topliss-reactive ketones (excluding diaryl/α,β-unsaturated/α-hetero) is 1. The highest BCUT2D eigenvalue weighted by Crippen LogP contribution is 2.27. The maximum atomic E-state index is 14.1. The first kappa shape index (κ1) is 27.9. The van der Waals surface area contributed by atoms with Crippen molar-refractivity contribution in [3.8, 4) is 0 Å². The van der Waals surface area contributed by atoms with Crippen molar-refractivity contribution < 1.29 is 27.2 Å². The summed E-state index contributed by atoms with van der Waals surface area (Å²) in [6.45, 7) is 4.12. The number of nitrogens with one attached hydrogen (secondary N) is 2. The van der Waals surface area contributed by atoms with E-state index in [4.69, 9.17) is 0 Å². The Hall–Kier alpha value is -3.15. The predicted octanol–water partition coefficient (Wildman–Crippen LogP) is 3.72. The first-order valence-corrected chi connectivity index (χ1v) is 14.7. The van der Waals surface area contributed by atoms with Crippen LogP contribution in [0.1, 0.15) is 42.8 Å². The highest BCUT2D eigenvalue weighted by Gasteiger charge is 2.43. The lowest BCUT2D eigenvalue weighted by atomic mass is 10.0. The number of sulfonamides is 1. The Balaban J connectivity index is 1.72. The summed E-state index contributed by atoms with van der Waals surface area (Å²) in [7, 11) is -4.55. The molecule has 2 amide bonds. The molecule has 0 spiro atoms. The van der Waals surface area contributed by atoms with E-state index in [2.05, 4.69) is 10.6 Å². The normalized spacial score (nSPS) is 17.3. The lowest BCUT2D eigenvalue weighted by molar-refractivity contribution is -0.135. The van der Waals surface area contributed by atoms with Gasteiger partial charge in [0.2, 0.25) is 0 Å². The smallest absolute Gasteiger partial charge is 0.267 e. The Morgan fingerprint density at radius 2 is 1.87 bits per heavy atom. The van der Waals surface area contributed by atoms with Gasteiger partial charge in [-0.1, -0.05) is 32.0 Å². The van der Waals surface area contributed by atoms with E-state index in [9.17, 15) is 27.2 Å². The molecular formula is C27H30FN3O5S2. The zero-order valence-corrected chi connectivity index (χ0v) is 22.8. The molecule has 0 bridgehead atoms. The van der Waals surface area contributed by atoms with E-state index in [0.29, 0.717) is 22.1 Å². The molecule has 1 saturated heterocycles. The van der Waals surface area contributed by atoms with Crippen molar-refractivity contribution in [2.45, 2.75) is 50.1 Å². The molecule has 4 rings (SSSR count). The highest BCUT2D eigenvalue weighted by atomic mass is 32.2. The summed E-state index contributed by atoms with van der Waals surface area (Å²) in [5.41, 5.74) is 0. The Kier molecular flexibility index (Phi) is 8.59. The van der Waals surface area contributed by atoms with Crippen LogP contribution in [-0.2, 0) is 19.6 Å². The number of thiophene rings is 1. The van der Waals surface area contributed by atoms with E-state index in [1.54, 1.807) is 6.07 Å². The number of ketones is 1. The molecule has 0 aliphatic carbocycles. The average molecular weight is 560 g/mol. The summed E-state index contributed by atoms with van der Waals surface area (Å²) >= 11 is 1.27. The molecule has 38 heavy (non-hydrogen) atoms. The maximum absolute atomic E-state index is 14.1. The van der Waals surface area contributed by atoms with Crippen molar-refractivity contribution in [1.29, 1.82) is 0 Å². The van der Waals surface area contributed by atoms with Crippen LogP contribution in [0.4, 0.5) is 4.39 Å². The van der Waals surface area contributed by atoms with Crippen LogP contribution in [0.5, 0.6) is 0 Å². The molecule has 0 radical (unpaired) electrons. The lowest BCUT2D eigenvalue weighted by Crippen LogP contribution is -2.56.